The number of aliphatic hydroxyl groups excluding tert-OH is 1. The molecule has 0 bridgehead atoms. The van der Waals surface area contributed by atoms with Gasteiger partial charge in [-0.15, -0.1) is 0 Å². The summed E-state index contributed by atoms with van der Waals surface area (Å²) in [6.45, 7) is 2.62. The summed E-state index contributed by atoms with van der Waals surface area (Å²) in [6.07, 6.45) is 3.13. The first-order valence-corrected chi connectivity index (χ1v) is 6.66. The molecule has 0 aromatic heterocycles. The number of carbonyl (C=O) groups is 1. The molecule has 0 unspecified atom stereocenters. The number of carbonyl (C=O) groups excluding carboxylic acids is 1. The second-order valence-corrected chi connectivity index (χ2v) is 4.64. The quantitative estimate of drug-likeness (QED) is 0.585. The lowest BCUT2D eigenvalue weighted by molar-refractivity contribution is -0.139. The number of ether oxygens (including phenoxy) is 2. The van der Waals surface area contributed by atoms with Gasteiger partial charge in [0, 0.05) is 5.92 Å². The predicted molar refractivity (Wildman–Crippen MR) is 77.0 cm³/mol. The molecule has 1 rings (SSSR count). The highest BCUT2D eigenvalue weighted by Crippen LogP contribution is 2.08. The molecule has 1 aromatic carbocycles. The van der Waals surface area contributed by atoms with Crippen LogP contribution in [0, 0.1) is 5.92 Å². The number of benzene rings is 1. The molecule has 0 saturated carbocycles. The molecule has 0 aliphatic heterocycles. The normalized spacial score (nSPS) is 14.2. The SMILES string of the molecule is COC(=O)C/C=C/[C@@H](C)[C@@H](O)COCc1ccccc1. The van der Waals surface area contributed by atoms with Gasteiger partial charge in [0.25, 0.3) is 0 Å². The van der Waals surface area contributed by atoms with E-state index in [1.54, 1.807) is 12.2 Å². The Morgan fingerprint density at radius 2 is 2.05 bits per heavy atom. The van der Waals surface area contributed by atoms with Gasteiger partial charge in [0.2, 0.25) is 0 Å². The number of aliphatic hydroxyl groups is 1. The third-order valence-electron chi connectivity index (χ3n) is 2.96. The zero-order chi connectivity index (χ0) is 14.8. The molecule has 0 aliphatic rings. The van der Waals surface area contributed by atoms with E-state index in [9.17, 15) is 9.90 Å². The van der Waals surface area contributed by atoms with Gasteiger partial charge in [-0.05, 0) is 5.56 Å². The molecular formula is C16H22O4. The summed E-state index contributed by atoms with van der Waals surface area (Å²) in [5, 5.41) is 9.93. The van der Waals surface area contributed by atoms with Crippen LogP contribution in [0.4, 0.5) is 0 Å². The Bertz CT molecular complexity index is 414. The van der Waals surface area contributed by atoms with Crippen LogP contribution in [0.1, 0.15) is 18.9 Å². The third kappa shape index (κ3) is 6.50. The fourth-order valence-electron chi connectivity index (χ4n) is 1.61. The molecule has 0 fully saturated rings. The molecular weight excluding hydrogens is 256 g/mol. The van der Waals surface area contributed by atoms with Gasteiger partial charge in [-0.1, -0.05) is 49.4 Å². The average Bonchev–Trinajstić information content (AvgIpc) is 2.47. The molecule has 1 aromatic rings. The van der Waals surface area contributed by atoms with Gasteiger partial charge in [-0.25, -0.2) is 0 Å². The number of esters is 1. The van der Waals surface area contributed by atoms with Crippen molar-refractivity contribution in [3.05, 3.63) is 48.0 Å². The fourth-order valence-corrected chi connectivity index (χ4v) is 1.61. The first kappa shape index (κ1) is 16.4. The van der Waals surface area contributed by atoms with E-state index in [1.165, 1.54) is 7.11 Å². The summed E-state index contributed by atoms with van der Waals surface area (Å²) in [5.74, 6) is -0.362. The predicted octanol–water partition coefficient (Wildman–Crippen LogP) is 2.32. The lowest BCUT2D eigenvalue weighted by Crippen LogP contribution is -2.22. The van der Waals surface area contributed by atoms with E-state index < -0.39 is 6.10 Å². The van der Waals surface area contributed by atoms with Crippen molar-refractivity contribution < 1.29 is 19.4 Å². The van der Waals surface area contributed by atoms with E-state index in [0.717, 1.165) is 5.56 Å². The van der Waals surface area contributed by atoms with Gasteiger partial charge in [0.15, 0.2) is 0 Å². The second kappa shape index (κ2) is 9.28. The van der Waals surface area contributed by atoms with Crippen molar-refractivity contribution in [3.63, 3.8) is 0 Å². The summed E-state index contributed by atoms with van der Waals surface area (Å²) >= 11 is 0. The molecule has 2 atom stereocenters. The van der Waals surface area contributed by atoms with E-state index in [0.29, 0.717) is 6.61 Å². The molecule has 4 heteroatoms. The maximum absolute atomic E-state index is 10.9. The maximum atomic E-state index is 10.9. The van der Waals surface area contributed by atoms with Gasteiger partial charge >= 0.3 is 5.97 Å². The highest BCUT2D eigenvalue weighted by Gasteiger charge is 2.11. The van der Waals surface area contributed by atoms with E-state index in [2.05, 4.69) is 4.74 Å². The molecule has 110 valence electrons. The number of methoxy groups -OCH3 is 1. The van der Waals surface area contributed by atoms with Crippen LogP contribution in [-0.4, -0.2) is 30.9 Å². The zero-order valence-corrected chi connectivity index (χ0v) is 12.0. The van der Waals surface area contributed by atoms with Crippen LogP contribution in [-0.2, 0) is 20.9 Å². The number of rotatable bonds is 8. The minimum atomic E-state index is -0.590. The summed E-state index contributed by atoms with van der Waals surface area (Å²) in [6, 6.07) is 9.81. The Kier molecular flexibility index (Phi) is 7.62. The number of hydrogen-bond acceptors (Lipinski definition) is 4. The standard InChI is InChI=1S/C16H22O4/c1-13(7-6-10-16(18)19-2)15(17)12-20-11-14-8-4-3-5-9-14/h3-9,13,15,17H,10-12H2,1-2H3/b7-6+/t13-,15+/m1/s1. The molecule has 0 radical (unpaired) electrons. The molecule has 4 nitrogen and oxygen atoms in total. The lowest BCUT2D eigenvalue weighted by atomic mass is 10.0. The van der Waals surface area contributed by atoms with Crippen molar-refractivity contribution in [1.82, 2.24) is 0 Å². The van der Waals surface area contributed by atoms with Crippen LogP contribution < -0.4 is 0 Å². The molecule has 20 heavy (non-hydrogen) atoms. The number of hydrogen-bond donors (Lipinski definition) is 1. The van der Waals surface area contributed by atoms with Gasteiger partial charge < -0.3 is 14.6 Å². The molecule has 0 amide bonds. The topological polar surface area (TPSA) is 55.8 Å². The van der Waals surface area contributed by atoms with Gasteiger partial charge in [0.05, 0.1) is 32.8 Å². The van der Waals surface area contributed by atoms with Gasteiger partial charge in [-0.3, -0.25) is 4.79 Å². The monoisotopic (exact) mass is 278 g/mol. The molecule has 0 saturated heterocycles. The van der Waals surface area contributed by atoms with Crippen LogP contribution in [0.5, 0.6) is 0 Å². The van der Waals surface area contributed by atoms with Crippen LogP contribution in [0.15, 0.2) is 42.5 Å². The molecule has 0 aliphatic carbocycles. The van der Waals surface area contributed by atoms with Crippen molar-refractivity contribution in [2.75, 3.05) is 13.7 Å². The second-order valence-electron chi connectivity index (χ2n) is 4.64. The first-order valence-electron chi connectivity index (χ1n) is 6.66. The van der Waals surface area contributed by atoms with E-state index >= 15 is 0 Å². The summed E-state index contributed by atoms with van der Waals surface area (Å²) in [4.78, 5) is 10.9. The average molecular weight is 278 g/mol. The Labute approximate surface area is 120 Å². The Hall–Kier alpha value is -1.65. The van der Waals surface area contributed by atoms with Crippen molar-refractivity contribution in [2.24, 2.45) is 5.92 Å². The fraction of sp³-hybridized carbons (Fsp3) is 0.438. The van der Waals surface area contributed by atoms with Crippen molar-refractivity contribution in [1.29, 1.82) is 0 Å². The van der Waals surface area contributed by atoms with E-state index in [-0.39, 0.29) is 24.9 Å². The van der Waals surface area contributed by atoms with Gasteiger partial charge in [-0.2, -0.15) is 0 Å². The molecule has 0 spiro atoms. The van der Waals surface area contributed by atoms with Crippen molar-refractivity contribution in [2.45, 2.75) is 26.1 Å². The van der Waals surface area contributed by atoms with Crippen LogP contribution in [0.3, 0.4) is 0 Å². The summed E-state index contributed by atoms with van der Waals surface area (Å²) < 4.78 is 10.0. The van der Waals surface area contributed by atoms with Crippen LogP contribution in [0.2, 0.25) is 0 Å². The summed E-state index contributed by atoms with van der Waals surface area (Å²) in [7, 11) is 1.35. The minimum Gasteiger partial charge on any atom is -0.469 e. The highest BCUT2D eigenvalue weighted by atomic mass is 16.5. The first-order chi connectivity index (χ1) is 9.63. The van der Waals surface area contributed by atoms with Crippen LogP contribution >= 0.6 is 0 Å². The van der Waals surface area contributed by atoms with E-state index in [4.69, 9.17) is 4.74 Å². The highest BCUT2D eigenvalue weighted by molar-refractivity contribution is 5.70. The Balaban J connectivity index is 2.24. The minimum absolute atomic E-state index is 0.0737. The molecule has 1 N–H and O–H groups in total. The largest absolute Gasteiger partial charge is 0.469 e. The van der Waals surface area contributed by atoms with E-state index in [1.807, 2.05) is 37.3 Å². The van der Waals surface area contributed by atoms with Crippen LogP contribution in [0.25, 0.3) is 0 Å². The lowest BCUT2D eigenvalue weighted by Gasteiger charge is -2.15. The Morgan fingerprint density at radius 1 is 1.35 bits per heavy atom. The van der Waals surface area contributed by atoms with Crippen molar-refractivity contribution >= 4 is 5.97 Å². The van der Waals surface area contributed by atoms with Gasteiger partial charge in [0.1, 0.15) is 0 Å². The maximum Gasteiger partial charge on any atom is 0.309 e. The zero-order valence-electron chi connectivity index (χ0n) is 12.0. The summed E-state index contributed by atoms with van der Waals surface area (Å²) in [5.41, 5.74) is 1.08. The smallest absolute Gasteiger partial charge is 0.309 e. The molecule has 0 heterocycles. The third-order valence-corrected chi connectivity index (χ3v) is 2.96. The Morgan fingerprint density at radius 3 is 2.70 bits per heavy atom. The van der Waals surface area contributed by atoms with Crippen molar-refractivity contribution in [3.8, 4) is 0 Å².